The van der Waals surface area contributed by atoms with Gasteiger partial charge in [0.2, 0.25) is 0 Å². The lowest BCUT2D eigenvalue weighted by Crippen LogP contribution is -2.36. The maximum atomic E-state index is 2.48. The summed E-state index contributed by atoms with van der Waals surface area (Å²) < 4.78 is 0. The lowest BCUT2D eigenvalue weighted by atomic mass is 10.1. The smallest absolute Gasteiger partial charge is 0.0977 e. The molecule has 2 nitrogen and oxygen atoms in total. The first-order chi connectivity index (χ1) is 8.29. The van der Waals surface area contributed by atoms with Crippen LogP contribution in [0, 0.1) is 0 Å². The molecule has 0 spiro atoms. The summed E-state index contributed by atoms with van der Waals surface area (Å²) in [7, 11) is 0. The molecular weight excluding hydrogens is 208 g/mol. The number of unbranched alkanes of at least 4 members (excludes halogenated alkanes) is 5. The highest BCUT2D eigenvalue weighted by atomic mass is 15.4. The Morgan fingerprint density at radius 3 is 2.00 bits per heavy atom. The molecule has 0 fully saturated rings. The fourth-order valence-corrected chi connectivity index (χ4v) is 2.47. The summed E-state index contributed by atoms with van der Waals surface area (Å²) in [6.45, 7) is 9.25. The van der Waals surface area contributed by atoms with Gasteiger partial charge in [-0.15, -0.1) is 0 Å². The second-order valence-electron chi connectivity index (χ2n) is 5.17. The molecule has 0 radical (unpaired) electrons. The highest BCUT2D eigenvalue weighted by Crippen LogP contribution is 2.17. The van der Waals surface area contributed by atoms with Crippen molar-refractivity contribution in [3.63, 3.8) is 0 Å². The summed E-state index contributed by atoms with van der Waals surface area (Å²) in [4.78, 5) is 4.92. The monoisotopic (exact) mass is 238 g/mol. The minimum atomic E-state index is 0.575. The van der Waals surface area contributed by atoms with Crippen LogP contribution in [0.3, 0.4) is 0 Å². The molecule has 0 saturated carbocycles. The largest absolute Gasteiger partial charge is 0.356 e. The predicted octanol–water partition coefficient (Wildman–Crippen LogP) is 4.19. The van der Waals surface area contributed by atoms with Gasteiger partial charge < -0.3 is 9.80 Å². The second-order valence-corrected chi connectivity index (χ2v) is 5.17. The van der Waals surface area contributed by atoms with E-state index in [1.807, 2.05) is 0 Å². The molecule has 0 aromatic carbocycles. The van der Waals surface area contributed by atoms with Crippen LogP contribution in [0.5, 0.6) is 0 Å². The van der Waals surface area contributed by atoms with E-state index in [1.54, 1.807) is 0 Å². The maximum Gasteiger partial charge on any atom is 0.0977 e. The first-order valence-electron chi connectivity index (χ1n) is 7.49. The van der Waals surface area contributed by atoms with Crippen LogP contribution in [0.1, 0.15) is 65.7 Å². The van der Waals surface area contributed by atoms with Gasteiger partial charge in [0.15, 0.2) is 0 Å². The summed E-state index contributed by atoms with van der Waals surface area (Å²) in [5.41, 5.74) is 0. The minimum absolute atomic E-state index is 0.575. The third-order valence-corrected chi connectivity index (χ3v) is 3.66. The van der Waals surface area contributed by atoms with E-state index in [4.69, 9.17) is 0 Å². The molecule has 1 aliphatic rings. The fourth-order valence-electron chi connectivity index (χ4n) is 2.47. The van der Waals surface area contributed by atoms with Crippen LogP contribution in [0.2, 0.25) is 0 Å². The lowest BCUT2D eigenvalue weighted by Gasteiger charge is -2.29. The summed E-state index contributed by atoms with van der Waals surface area (Å²) in [6.07, 6.45) is 14.7. The molecule has 2 heteroatoms. The summed E-state index contributed by atoms with van der Waals surface area (Å²) in [5, 5.41) is 0. The van der Waals surface area contributed by atoms with Crippen LogP contribution >= 0.6 is 0 Å². The third-order valence-electron chi connectivity index (χ3n) is 3.66. The van der Waals surface area contributed by atoms with E-state index in [2.05, 4.69) is 43.0 Å². The highest BCUT2D eigenvalue weighted by molar-refractivity contribution is 4.94. The third kappa shape index (κ3) is 5.01. The van der Waals surface area contributed by atoms with Crippen molar-refractivity contribution in [2.75, 3.05) is 13.1 Å². The average molecular weight is 238 g/mol. The Kier molecular flexibility index (Phi) is 7.14. The molecule has 1 atom stereocenters. The van der Waals surface area contributed by atoms with E-state index in [0.29, 0.717) is 6.17 Å². The van der Waals surface area contributed by atoms with Gasteiger partial charge in [-0.05, 0) is 19.8 Å². The van der Waals surface area contributed by atoms with Crippen LogP contribution in [0.4, 0.5) is 0 Å². The number of hydrogen-bond acceptors (Lipinski definition) is 2. The standard InChI is InChI=1S/C15H30N2/c1-4-6-7-8-9-10-12-17-14-13-16(11-5-2)15(17)3/h13-15H,4-12H2,1-3H3. The van der Waals surface area contributed by atoms with Crippen molar-refractivity contribution in [1.82, 2.24) is 9.80 Å². The SMILES string of the molecule is CCCCCCCCN1C=CN(CCC)C1C. The van der Waals surface area contributed by atoms with Gasteiger partial charge in [-0.1, -0.05) is 46.0 Å². The molecule has 1 aliphatic heterocycles. The van der Waals surface area contributed by atoms with Crippen molar-refractivity contribution in [2.45, 2.75) is 71.9 Å². The Bertz CT molecular complexity index is 213. The molecular formula is C15H30N2. The Morgan fingerprint density at radius 1 is 0.765 bits per heavy atom. The van der Waals surface area contributed by atoms with Crippen LogP contribution in [0.25, 0.3) is 0 Å². The summed E-state index contributed by atoms with van der Waals surface area (Å²) >= 11 is 0. The van der Waals surface area contributed by atoms with E-state index >= 15 is 0 Å². The van der Waals surface area contributed by atoms with Gasteiger partial charge in [0, 0.05) is 25.5 Å². The normalized spacial score (nSPS) is 19.4. The Morgan fingerprint density at radius 2 is 1.35 bits per heavy atom. The quantitative estimate of drug-likeness (QED) is 0.556. The van der Waals surface area contributed by atoms with Crippen molar-refractivity contribution >= 4 is 0 Å². The van der Waals surface area contributed by atoms with Crippen LogP contribution < -0.4 is 0 Å². The average Bonchev–Trinajstić information content (AvgIpc) is 2.67. The first kappa shape index (κ1) is 14.4. The zero-order valence-corrected chi connectivity index (χ0v) is 12.0. The molecule has 0 aromatic rings. The zero-order chi connectivity index (χ0) is 12.5. The fraction of sp³-hybridized carbons (Fsp3) is 0.867. The molecule has 0 aromatic heterocycles. The summed E-state index contributed by atoms with van der Waals surface area (Å²) in [5.74, 6) is 0. The van der Waals surface area contributed by atoms with Gasteiger partial charge in [-0.25, -0.2) is 0 Å². The highest BCUT2D eigenvalue weighted by Gasteiger charge is 2.19. The Labute approximate surface area is 108 Å². The van der Waals surface area contributed by atoms with Gasteiger partial charge in [0.05, 0.1) is 6.17 Å². The van der Waals surface area contributed by atoms with Crippen molar-refractivity contribution in [1.29, 1.82) is 0 Å². The maximum absolute atomic E-state index is 2.48. The van der Waals surface area contributed by atoms with Crippen LogP contribution in [-0.4, -0.2) is 29.1 Å². The molecule has 1 heterocycles. The topological polar surface area (TPSA) is 6.48 Å². The molecule has 0 N–H and O–H groups in total. The molecule has 0 bridgehead atoms. The minimum Gasteiger partial charge on any atom is -0.356 e. The summed E-state index contributed by atoms with van der Waals surface area (Å²) in [6, 6.07) is 0. The molecule has 1 rings (SSSR count). The molecule has 17 heavy (non-hydrogen) atoms. The molecule has 1 unspecified atom stereocenters. The second kappa shape index (κ2) is 8.43. The van der Waals surface area contributed by atoms with Crippen molar-refractivity contribution in [3.05, 3.63) is 12.4 Å². The Balaban J connectivity index is 2.06. The van der Waals surface area contributed by atoms with Crippen molar-refractivity contribution in [2.24, 2.45) is 0 Å². The van der Waals surface area contributed by atoms with Crippen LogP contribution in [0.15, 0.2) is 12.4 Å². The first-order valence-corrected chi connectivity index (χ1v) is 7.49. The molecule has 100 valence electrons. The number of hydrogen-bond donors (Lipinski definition) is 0. The lowest BCUT2D eigenvalue weighted by molar-refractivity contribution is 0.168. The number of nitrogens with zero attached hydrogens (tertiary/aromatic N) is 2. The zero-order valence-electron chi connectivity index (χ0n) is 12.0. The van der Waals surface area contributed by atoms with Crippen molar-refractivity contribution < 1.29 is 0 Å². The predicted molar refractivity (Wildman–Crippen MR) is 75.7 cm³/mol. The van der Waals surface area contributed by atoms with Gasteiger partial charge in [0.25, 0.3) is 0 Å². The van der Waals surface area contributed by atoms with E-state index < -0.39 is 0 Å². The number of rotatable bonds is 9. The molecule has 0 amide bonds. The van der Waals surface area contributed by atoms with Crippen molar-refractivity contribution in [3.8, 4) is 0 Å². The van der Waals surface area contributed by atoms with E-state index in [-0.39, 0.29) is 0 Å². The Hall–Kier alpha value is -0.660. The van der Waals surface area contributed by atoms with E-state index in [1.165, 1.54) is 58.0 Å². The molecule has 0 saturated heterocycles. The molecule has 0 aliphatic carbocycles. The van der Waals surface area contributed by atoms with Gasteiger partial charge in [0.1, 0.15) is 0 Å². The van der Waals surface area contributed by atoms with Gasteiger partial charge >= 0.3 is 0 Å². The van der Waals surface area contributed by atoms with Crippen LogP contribution in [-0.2, 0) is 0 Å². The van der Waals surface area contributed by atoms with Gasteiger partial charge in [-0.3, -0.25) is 0 Å². The van der Waals surface area contributed by atoms with E-state index in [9.17, 15) is 0 Å². The van der Waals surface area contributed by atoms with E-state index in [0.717, 1.165) is 0 Å². The van der Waals surface area contributed by atoms with Gasteiger partial charge in [-0.2, -0.15) is 0 Å².